The smallest absolute Gasteiger partial charge is 0.250 e. The van der Waals surface area contributed by atoms with Gasteiger partial charge in [-0.05, 0) is 55.3 Å². The summed E-state index contributed by atoms with van der Waals surface area (Å²) in [5.74, 6) is -1.73. The number of unbranched alkanes of at least 4 members (excludes halogenated alkanes) is 1. The van der Waals surface area contributed by atoms with E-state index in [1.807, 2.05) is 0 Å². The Morgan fingerprint density at radius 1 is 1.00 bits per heavy atom. The molecule has 4 aromatic rings. The van der Waals surface area contributed by atoms with Crippen molar-refractivity contribution in [1.29, 1.82) is 0 Å². The molecule has 11 nitrogen and oxygen atoms in total. The average Bonchev–Trinajstić information content (AvgIpc) is 3.51. The number of carbonyl (C=O) groups is 2. The molecule has 2 aromatic carbocycles. The van der Waals surface area contributed by atoms with Crippen LogP contribution in [0, 0.1) is 11.6 Å². The summed E-state index contributed by atoms with van der Waals surface area (Å²) in [4.78, 5) is 33.0. The van der Waals surface area contributed by atoms with Crippen LogP contribution < -0.4 is 15.4 Å². The number of nitrogens with one attached hydrogen (secondary N) is 2. The van der Waals surface area contributed by atoms with Gasteiger partial charge in [-0.25, -0.2) is 17.2 Å². The number of pyridine rings is 1. The molecule has 0 atom stereocenters. The third-order valence-electron chi connectivity index (χ3n) is 6.26. The quantitative estimate of drug-likeness (QED) is 0.135. The summed E-state index contributed by atoms with van der Waals surface area (Å²) in [5, 5.41) is 9.14. The number of carbonyl (C=O) groups excluding carboxylic acids is 2. The highest BCUT2D eigenvalue weighted by molar-refractivity contribution is 7.89. The third kappa shape index (κ3) is 9.63. The van der Waals surface area contributed by atoms with E-state index in [-0.39, 0.29) is 42.7 Å². The summed E-state index contributed by atoms with van der Waals surface area (Å²) in [6.07, 6.45) is 9.39. The molecule has 2 amide bonds. The second-order valence-electron chi connectivity index (χ2n) is 9.82. The maximum Gasteiger partial charge on any atom is 0.250 e. The normalized spacial score (nSPS) is 11.4. The highest BCUT2D eigenvalue weighted by Gasteiger charge is 2.14. The van der Waals surface area contributed by atoms with Gasteiger partial charge in [0.25, 0.3) is 10.0 Å². The Morgan fingerprint density at radius 3 is 2.29 bits per heavy atom. The molecule has 0 saturated carbocycles. The topological polar surface area (TPSA) is 145 Å². The van der Waals surface area contributed by atoms with E-state index >= 15 is 0 Å². The number of ether oxygens (including phenoxy) is 1. The molecule has 0 spiro atoms. The minimum Gasteiger partial charge on any atom is -0.486 e. The lowest BCUT2D eigenvalue weighted by atomic mass is 10.1. The van der Waals surface area contributed by atoms with Gasteiger partial charge >= 0.3 is 0 Å². The summed E-state index contributed by atoms with van der Waals surface area (Å²) < 4.78 is 57.8. The highest BCUT2D eigenvalue weighted by atomic mass is 32.2. The van der Waals surface area contributed by atoms with E-state index in [2.05, 4.69) is 32.3 Å². The van der Waals surface area contributed by atoms with E-state index in [1.54, 1.807) is 6.07 Å². The predicted molar refractivity (Wildman–Crippen MR) is 167 cm³/mol. The molecule has 0 aliphatic carbocycles. The first-order chi connectivity index (χ1) is 21.5. The van der Waals surface area contributed by atoms with Crippen molar-refractivity contribution in [2.45, 2.75) is 32.3 Å². The number of halogens is 2. The maximum atomic E-state index is 14.8. The maximum absolute atomic E-state index is 14.8. The van der Waals surface area contributed by atoms with E-state index in [0.717, 1.165) is 16.4 Å². The van der Waals surface area contributed by atoms with E-state index in [4.69, 9.17) is 4.74 Å². The number of hydrogen-bond donors (Lipinski definition) is 2. The fourth-order valence-corrected chi connectivity index (χ4v) is 4.54. The Morgan fingerprint density at radius 2 is 1.67 bits per heavy atom. The standard InChI is InChI=1S/C31H30F2N6O5S/c1-3-14-34-28-16-27(21-18-36-39(19-21)45(2,42)43)35-17-22(28)20-44-29-13-12-25(15-26(29)33)38-31(41)7-5-4-6-30(40)37-24-10-8-23(32)9-11-24/h3,8-19H,1,4-7,20H2,2H3,(H,37,40)(H,38,41). The molecule has 2 N–H and O–H groups in total. The van der Waals surface area contributed by atoms with E-state index in [0.29, 0.717) is 41.0 Å². The first kappa shape index (κ1) is 32.7. The van der Waals surface area contributed by atoms with Crippen molar-refractivity contribution in [2.75, 3.05) is 16.9 Å². The van der Waals surface area contributed by atoms with E-state index < -0.39 is 21.7 Å². The van der Waals surface area contributed by atoms with Gasteiger partial charge < -0.3 is 15.4 Å². The third-order valence-corrected chi connectivity index (χ3v) is 7.14. The number of amides is 2. The number of aliphatic imine (C=N–C) groups is 1. The van der Waals surface area contributed by atoms with Crippen LogP contribution in [0.2, 0.25) is 0 Å². The van der Waals surface area contributed by atoms with Crippen molar-refractivity contribution in [3.05, 3.63) is 97.0 Å². The first-order valence-corrected chi connectivity index (χ1v) is 15.5. The van der Waals surface area contributed by atoms with Crippen LogP contribution in [0.1, 0.15) is 31.2 Å². The molecule has 0 fully saturated rings. The van der Waals surface area contributed by atoms with Crippen LogP contribution in [0.5, 0.6) is 5.75 Å². The van der Waals surface area contributed by atoms with Crippen LogP contribution in [0.25, 0.3) is 11.3 Å². The van der Waals surface area contributed by atoms with Crippen LogP contribution in [0.15, 0.2) is 84.8 Å². The second-order valence-corrected chi connectivity index (χ2v) is 11.7. The van der Waals surface area contributed by atoms with Crippen molar-refractivity contribution in [1.82, 2.24) is 14.2 Å². The van der Waals surface area contributed by atoms with Gasteiger partial charge in [-0.15, -0.1) is 0 Å². The number of hydrogen-bond acceptors (Lipinski definition) is 8. The zero-order chi connectivity index (χ0) is 32.4. The van der Waals surface area contributed by atoms with Gasteiger partial charge in [0.05, 0.1) is 30.0 Å². The van der Waals surface area contributed by atoms with Gasteiger partial charge in [0, 0.05) is 53.8 Å². The van der Waals surface area contributed by atoms with Crippen molar-refractivity contribution in [2.24, 2.45) is 4.99 Å². The largest absolute Gasteiger partial charge is 0.486 e. The van der Waals surface area contributed by atoms with E-state index in [1.165, 1.54) is 67.3 Å². The number of allylic oxidation sites excluding steroid dienone is 1. The number of rotatable bonds is 14. The fourth-order valence-electron chi connectivity index (χ4n) is 4.02. The second kappa shape index (κ2) is 15.0. The van der Waals surface area contributed by atoms with Crippen molar-refractivity contribution in [3.8, 4) is 17.0 Å². The fraction of sp³-hybridized carbons (Fsp3) is 0.194. The summed E-state index contributed by atoms with van der Waals surface area (Å²) in [6, 6.07) is 11.1. The van der Waals surface area contributed by atoms with Gasteiger partial charge in [-0.1, -0.05) is 12.7 Å². The Labute approximate surface area is 258 Å². The lowest BCUT2D eigenvalue weighted by molar-refractivity contribution is -0.118. The van der Waals surface area contributed by atoms with Gasteiger partial charge in [-0.2, -0.15) is 9.19 Å². The SMILES string of the molecule is C=CC=Nc1cc(-c2cnn(S(C)(=O)=O)c2)ncc1COc1ccc(NC(=O)CCCCC(=O)Nc2ccc(F)cc2)cc1F. The minimum absolute atomic E-state index is 0.0580. The number of nitrogens with zero attached hydrogens (tertiary/aromatic N) is 4. The van der Waals surface area contributed by atoms with Crippen LogP contribution in [0.3, 0.4) is 0 Å². The molecule has 45 heavy (non-hydrogen) atoms. The van der Waals surface area contributed by atoms with Crippen molar-refractivity contribution in [3.63, 3.8) is 0 Å². The molecule has 2 aromatic heterocycles. The number of benzene rings is 2. The molecule has 14 heteroatoms. The van der Waals surface area contributed by atoms with Gasteiger partial charge in [-0.3, -0.25) is 19.6 Å². The predicted octanol–water partition coefficient (Wildman–Crippen LogP) is 5.64. The Kier molecular flexibility index (Phi) is 10.9. The molecule has 0 aliphatic rings. The lowest BCUT2D eigenvalue weighted by Crippen LogP contribution is -2.13. The van der Waals surface area contributed by atoms with Crippen LogP contribution in [-0.2, 0) is 26.2 Å². The number of anilines is 2. The highest BCUT2D eigenvalue weighted by Crippen LogP contribution is 2.28. The zero-order valence-electron chi connectivity index (χ0n) is 24.2. The lowest BCUT2D eigenvalue weighted by Gasteiger charge is -2.12. The Hall–Kier alpha value is -5.24. The van der Waals surface area contributed by atoms with Gasteiger partial charge in [0.1, 0.15) is 12.4 Å². The molecular weight excluding hydrogens is 606 g/mol. The molecule has 0 aliphatic heterocycles. The molecule has 0 saturated heterocycles. The van der Waals surface area contributed by atoms with Gasteiger partial charge in [0.15, 0.2) is 11.6 Å². The Bertz CT molecular complexity index is 1820. The molecule has 234 valence electrons. The Balaban J connectivity index is 1.29. The van der Waals surface area contributed by atoms with Crippen molar-refractivity contribution < 1.29 is 31.5 Å². The monoisotopic (exact) mass is 636 g/mol. The average molecular weight is 637 g/mol. The van der Waals surface area contributed by atoms with Crippen molar-refractivity contribution >= 4 is 45.1 Å². The van der Waals surface area contributed by atoms with Crippen LogP contribution in [-0.4, -0.2) is 46.9 Å². The van der Waals surface area contributed by atoms with Crippen LogP contribution in [0.4, 0.5) is 25.8 Å². The molecule has 0 unspecified atom stereocenters. The molecule has 2 heterocycles. The molecular formula is C31H30F2N6O5S. The minimum atomic E-state index is -3.56. The van der Waals surface area contributed by atoms with Crippen LogP contribution >= 0.6 is 0 Å². The van der Waals surface area contributed by atoms with E-state index in [9.17, 15) is 26.8 Å². The first-order valence-electron chi connectivity index (χ1n) is 13.7. The summed E-state index contributed by atoms with van der Waals surface area (Å²) in [7, 11) is -3.56. The molecule has 0 radical (unpaired) electrons. The van der Waals surface area contributed by atoms with Gasteiger partial charge in [0.2, 0.25) is 11.8 Å². The summed E-state index contributed by atoms with van der Waals surface area (Å²) in [5.41, 5.74) is 2.58. The molecule has 0 bridgehead atoms. The number of aromatic nitrogens is 3. The summed E-state index contributed by atoms with van der Waals surface area (Å²) in [6.45, 7) is 3.53. The molecule has 4 rings (SSSR count). The summed E-state index contributed by atoms with van der Waals surface area (Å²) >= 11 is 0. The zero-order valence-corrected chi connectivity index (χ0v) is 25.1.